The van der Waals surface area contributed by atoms with E-state index >= 15 is 0 Å². The molecule has 100 valence electrons. The van der Waals surface area contributed by atoms with Crippen molar-refractivity contribution < 1.29 is 14.2 Å². The van der Waals surface area contributed by atoms with Gasteiger partial charge in [-0.15, -0.1) is 0 Å². The minimum atomic E-state index is -0.499. The van der Waals surface area contributed by atoms with Crippen LogP contribution in [0.4, 0.5) is 0 Å². The lowest BCUT2D eigenvalue weighted by Gasteiger charge is -2.22. The third-order valence-corrected chi connectivity index (χ3v) is 2.96. The molecule has 1 aliphatic heterocycles. The summed E-state index contributed by atoms with van der Waals surface area (Å²) in [5, 5.41) is 0. The third kappa shape index (κ3) is 3.26. The minimum Gasteiger partial charge on any atom is -0.457 e. The molecular formula is C13H20N2O3. The van der Waals surface area contributed by atoms with Gasteiger partial charge in [-0.1, -0.05) is 0 Å². The maximum atomic E-state index is 5.40. The van der Waals surface area contributed by atoms with Crippen molar-refractivity contribution in [1.29, 1.82) is 0 Å². The summed E-state index contributed by atoms with van der Waals surface area (Å²) in [6.45, 7) is 6.09. The number of rotatable bonds is 7. The van der Waals surface area contributed by atoms with Crippen molar-refractivity contribution in [1.82, 2.24) is 9.55 Å². The topological polar surface area (TPSA) is 45.5 Å². The Morgan fingerprint density at radius 1 is 1.39 bits per heavy atom. The van der Waals surface area contributed by atoms with Crippen molar-refractivity contribution in [3.8, 4) is 0 Å². The highest BCUT2D eigenvalue weighted by Crippen LogP contribution is 2.25. The first-order chi connectivity index (χ1) is 8.73. The number of aryl methyl sites for hydroxylation is 1. The monoisotopic (exact) mass is 252 g/mol. The molecule has 0 aromatic carbocycles. The van der Waals surface area contributed by atoms with Gasteiger partial charge in [-0.25, -0.2) is 4.98 Å². The van der Waals surface area contributed by atoms with E-state index in [1.807, 2.05) is 20.0 Å². The smallest absolute Gasteiger partial charge is 0.247 e. The van der Waals surface area contributed by atoms with E-state index in [0.717, 1.165) is 25.2 Å². The zero-order chi connectivity index (χ0) is 12.8. The average molecular weight is 252 g/mol. The van der Waals surface area contributed by atoms with Gasteiger partial charge in [-0.2, -0.15) is 0 Å². The van der Waals surface area contributed by atoms with E-state index in [0.29, 0.717) is 13.2 Å². The molecule has 5 nitrogen and oxygen atoms in total. The van der Waals surface area contributed by atoms with E-state index in [1.165, 1.54) is 0 Å². The van der Waals surface area contributed by atoms with E-state index in [4.69, 9.17) is 14.2 Å². The van der Waals surface area contributed by atoms with Crippen LogP contribution in [0.3, 0.4) is 0 Å². The first-order valence-electron chi connectivity index (χ1n) is 6.32. The van der Waals surface area contributed by atoms with Crippen LogP contribution >= 0.6 is 0 Å². The molecule has 2 heterocycles. The van der Waals surface area contributed by atoms with Gasteiger partial charge in [0.2, 0.25) is 5.79 Å². The van der Waals surface area contributed by atoms with Crippen LogP contribution in [0.15, 0.2) is 24.9 Å². The molecule has 0 fully saturated rings. The molecule has 1 aromatic heterocycles. The molecular weight excluding hydrogens is 232 g/mol. The summed E-state index contributed by atoms with van der Waals surface area (Å²) in [7, 11) is 0. The zero-order valence-corrected chi connectivity index (χ0v) is 11.0. The molecule has 2 rings (SSSR count). The summed E-state index contributed by atoms with van der Waals surface area (Å²) in [6, 6.07) is 0. The summed E-state index contributed by atoms with van der Waals surface area (Å²) in [5.41, 5.74) is 0. The summed E-state index contributed by atoms with van der Waals surface area (Å²) >= 11 is 0. The second-order valence-corrected chi connectivity index (χ2v) is 4.42. The first kappa shape index (κ1) is 13.0. The fourth-order valence-corrected chi connectivity index (χ4v) is 1.94. The Hall–Kier alpha value is -1.49. The Balaban J connectivity index is 1.77. The van der Waals surface area contributed by atoms with Gasteiger partial charge in [-0.3, -0.25) is 0 Å². The SMILES string of the molecule is CCOCc1nccn1CCCC1(C)OC=CO1. The van der Waals surface area contributed by atoms with E-state index < -0.39 is 5.79 Å². The van der Waals surface area contributed by atoms with Gasteiger partial charge in [0, 0.05) is 38.9 Å². The predicted octanol–water partition coefficient (Wildman–Crippen LogP) is 2.43. The Labute approximate surface area is 107 Å². The van der Waals surface area contributed by atoms with Crippen LogP contribution in [0.25, 0.3) is 0 Å². The molecule has 0 spiro atoms. The van der Waals surface area contributed by atoms with Crippen LogP contribution in [0.5, 0.6) is 0 Å². The van der Waals surface area contributed by atoms with Crippen LogP contribution in [0.1, 0.15) is 32.5 Å². The molecule has 1 aromatic rings. The molecule has 0 saturated heterocycles. The Morgan fingerprint density at radius 3 is 2.89 bits per heavy atom. The minimum absolute atomic E-state index is 0.499. The fourth-order valence-electron chi connectivity index (χ4n) is 1.94. The highest BCUT2D eigenvalue weighted by atomic mass is 16.7. The van der Waals surface area contributed by atoms with Gasteiger partial charge in [0.15, 0.2) is 0 Å². The molecule has 0 N–H and O–H groups in total. The van der Waals surface area contributed by atoms with Crippen molar-refractivity contribution in [2.75, 3.05) is 6.61 Å². The van der Waals surface area contributed by atoms with Crippen LogP contribution in [0, 0.1) is 0 Å². The second-order valence-electron chi connectivity index (χ2n) is 4.42. The molecule has 18 heavy (non-hydrogen) atoms. The third-order valence-electron chi connectivity index (χ3n) is 2.96. The van der Waals surface area contributed by atoms with Crippen LogP contribution < -0.4 is 0 Å². The van der Waals surface area contributed by atoms with Crippen LogP contribution in [0.2, 0.25) is 0 Å². The zero-order valence-electron chi connectivity index (χ0n) is 11.0. The number of imidazole rings is 1. The quantitative estimate of drug-likeness (QED) is 0.747. The van der Waals surface area contributed by atoms with Crippen molar-refractivity contribution in [3.63, 3.8) is 0 Å². The van der Waals surface area contributed by atoms with Crippen molar-refractivity contribution >= 4 is 0 Å². The maximum Gasteiger partial charge on any atom is 0.247 e. The molecule has 0 amide bonds. The van der Waals surface area contributed by atoms with E-state index in [2.05, 4.69) is 9.55 Å². The normalized spacial score (nSPS) is 16.6. The number of hydrogen-bond acceptors (Lipinski definition) is 4. The van der Waals surface area contributed by atoms with E-state index in [-0.39, 0.29) is 0 Å². The lowest BCUT2D eigenvalue weighted by molar-refractivity contribution is -0.131. The van der Waals surface area contributed by atoms with E-state index in [9.17, 15) is 0 Å². The highest BCUT2D eigenvalue weighted by Gasteiger charge is 2.28. The molecule has 5 heteroatoms. The Bertz CT molecular complexity index is 393. The van der Waals surface area contributed by atoms with Gasteiger partial charge in [0.05, 0.1) is 0 Å². The average Bonchev–Trinajstić information content (AvgIpc) is 2.97. The molecule has 0 unspecified atom stereocenters. The molecule has 0 saturated carbocycles. The molecule has 0 bridgehead atoms. The molecule has 0 atom stereocenters. The number of hydrogen-bond donors (Lipinski definition) is 0. The standard InChI is InChI=1S/C13H20N2O3/c1-3-16-11-12-14-6-8-15(12)7-4-5-13(2)17-9-10-18-13/h6,8-10H,3-5,7,11H2,1-2H3. The Morgan fingerprint density at radius 2 is 2.17 bits per heavy atom. The van der Waals surface area contributed by atoms with Crippen molar-refractivity contribution in [2.45, 2.75) is 45.6 Å². The van der Waals surface area contributed by atoms with Gasteiger partial charge in [-0.05, 0) is 13.3 Å². The highest BCUT2D eigenvalue weighted by molar-refractivity contribution is 4.90. The van der Waals surface area contributed by atoms with Crippen molar-refractivity contribution in [3.05, 3.63) is 30.7 Å². The fraction of sp³-hybridized carbons (Fsp3) is 0.615. The maximum absolute atomic E-state index is 5.40. The van der Waals surface area contributed by atoms with Crippen LogP contribution in [-0.2, 0) is 27.4 Å². The molecule has 0 aliphatic carbocycles. The van der Waals surface area contributed by atoms with Gasteiger partial charge < -0.3 is 18.8 Å². The lowest BCUT2D eigenvalue weighted by Crippen LogP contribution is -2.25. The number of nitrogens with zero attached hydrogens (tertiary/aromatic N) is 2. The van der Waals surface area contributed by atoms with Crippen LogP contribution in [-0.4, -0.2) is 21.9 Å². The summed E-state index contributed by atoms with van der Waals surface area (Å²) in [4.78, 5) is 4.28. The van der Waals surface area contributed by atoms with Gasteiger partial charge in [0.25, 0.3) is 0 Å². The summed E-state index contributed by atoms with van der Waals surface area (Å²) in [6.07, 6.45) is 8.78. The number of ether oxygens (including phenoxy) is 3. The second kappa shape index (κ2) is 5.91. The summed E-state index contributed by atoms with van der Waals surface area (Å²) in [5.74, 6) is 0.467. The number of aromatic nitrogens is 2. The molecule has 0 radical (unpaired) electrons. The van der Waals surface area contributed by atoms with Gasteiger partial charge >= 0.3 is 0 Å². The Kier molecular flexibility index (Phi) is 4.25. The summed E-state index contributed by atoms with van der Waals surface area (Å²) < 4.78 is 18.3. The first-order valence-corrected chi connectivity index (χ1v) is 6.32. The predicted molar refractivity (Wildman–Crippen MR) is 66.5 cm³/mol. The van der Waals surface area contributed by atoms with E-state index in [1.54, 1.807) is 18.7 Å². The lowest BCUT2D eigenvalue weighted by atomic mass is 10.1. The van der Waals surface area contributed by atoms with Gasteiger partial charge in [0.1, 0.15) is 25.0 Å². The largest absolute Gasteiger partial charge is 0.457 e. The van der Waals surface area contributed by atoms with Crippen molar-refractivity contribution in [2.24, 2.45) is 0 Å². The molecule has 1 aliphatic rings.